The lowest BCUT2D eigenvalue weighted by molar-refractivity contribution is -0.139. The largest absolute Gasteiger partial charge is 0.453 e. The van der Waals surface area contributed by atoms with E-state index in [9.17, 15) is 19.2 Å². The topological polar surface area (TPSA) is 171 Å². The second-order valence-electron chi connectivity index (χ2n) is 19.8. The molecule has 4 N–H and O–H groups in total. The van der Waals surface area contributed by atoms with Crippen LogP contribution in [0.4, 0.5) is 15.3 Å². The lowest BCUT2D eigenvalue weighted by atomic mass is 9.82. The number of alkyl carbamates (subject to hydrolysis) is 2. The smallest absolute Gasteiger partial charge is 0.407 e. The number of carbonyl (C=O) groups excluding carboxylic acids is 4. The van der Waals surface area contributed by atoms with Crippen molar-refractivity contribution in [2.45, 2.75) is 128 Å². The molecule has 14 nitrogen and oxygen atoms in total. The van der Waals surface area contributed by atoms with E-state index in [0.717, 1.165) is 54.9 Å². The molecule has 2 aliphatic carbocycles. The van der Waals surface area contributed by atoms with E-state index < -0.39 is 24.3 Å². The Labute approximate surface area is 387 Å². The molecule has 14 heteroatoms. The number of epoxide rings is 1. The molecule has 9 rings (SSSR count). The number of hydrogen-bond donors (Lipinski definition) is 4. The number of imidazole rings is 1. The highest BCUT2D eigenvalue weighted by atomic mass is 16.6. The van der Waals surface area contributed by atoms with Gasteiger partial charge < -0.3 is 40.0 Å². The first-order valence-electron chi connectivity index (χ1n) is 24.0. The predicted octanol–water partition coefficient (Wildman–Crippen LogP) is 8.62. The summed E-state index contributed by atoms with van der Waals surface area (Å²) in [5.74, 6) is 0.440. The molecule has 0 radical (unpaired) electrons. The van der Waals surface area contributed by atoms with Crippen molar-refractivity contribution in [3.8, 4) is 33.5 Å². The molecular formula is C52H65N7O7. The summed E-state index contributed by atoms with van der Waals surface area (Å²) in [4.78, 5) is 64.2. The van der Waals surface area contributed by atoms with Gasteiger partial charge in [0.1, 0.15) is 30.2 Å². The SMILES string of the molecule is COC(=O)NC(C(C)C)[C@@H]1OC1N1CCCC1c1ncc(-c2ccc(-c3ccc(-c4cccc(NC(=O)C5CCCN5C(=O)[C@@H](NC(=O)OC)C(C)C)c4)c4c3CC3(CCCC3)C4)cc2)[nH]1. The maximum Gasteiger partial charge on any atom is 0.407 e. The Bertz CT molecular complexity index is 2440. The minimum absolute atomic E-state index is 0.0781. The van der Waals surface area contributed by atoms with Crippen LogP contribution in [0.1, 0.15) is 102 Å². The summed E-state index contributed by atoms with van der Waals surface area (Å²) < 4.78 is 15.9. The average Bonchev–Trinajstić information content (AvgIpc) is 3.99. The highest BCUT2D eigenvalue weighted by Gasteiger charge is 2.53. The van der Waals surface area contributed by atoms with Crippen LogP contribution in [0.25, 0.3) is 33.5 Å². The number of aromatic nitrogens is 2. The number of benzene rings is 3. The number of rotatable bonds is 13. The van der Waals surface area contributed by atoms with Crippen molar-refractivity contribution in [3.05, 3.63) is 83.8 Å². The normalized spacial score (nSPS) is 22.9. The van der Waals surface area contributed by atoms with Gasteiger partial charge in [-0.3, -0.25) is 14.5 Å². The van der Waals surface area contributed by atoms with Gasteiger partial charge in [-0.15, -0.1) is 0 Å². The Morgan fingerprint density at radius 3 is 2.14 bits per heavy atom. The molecule has 4 amide bonds. The van der Waals surface area contributed by atoms with Crippen molar-refractivity contribution in [2.75, 3.05) is 32.6 Å². The zero-order valence-corrected chi connectivity index (χ0v) is 39.2. The number of fused-ring (bicyclic) bond motifs is 1. The zero-order chi connectivity index (χ0) is 46.3. The molecule has 66 heavy (non-hydrogen) atoms. The molecule has 350 valence electrons. The Morgan fingerprint density at radius 1 is 0.788 bits per heavy atom. The van der Waals surface area contributed by atoms with E-state index in [4.69, 9.17) is 19.2 Å². The van der Waals surface area contributed by atoms with Gasteiger partial charge in [-0.05, 0) is 120 Å². The minimum Gasteiger partial charge on any atom is -0.453 e. The fourth-order valence-electron chi connectivity index (χ4n) is 11.4. The second kappa shape index (κ2) is 18.9. The summed E-state index contributed by atoms with van der Waals surface area (Å²) in [7, 11) is 2.66. The number of nitrogens with one attached hydrogen (secondary N) is 4. The third-order valence-electron chi connectivity index (χ3n) is 15.0. The number of hydrogen-bond acceptors (Lipinski definition) is 9. The number of amides is 4. The molecule has 1 saturated carbocycles. The number of ether oxygens (including phenoxy) is 3. The number of carbonyl (C=O) groups is 4. The predicted molar refractivity (Wildman–Crippen MR) is 252 cm³/mol. The molecule has 1 spiro atoms. The molecule has 3 aliphatic heterocycles. The summed E-state index contributed by atoms with van der Waals surface area (Å²) in [6.07, 6.45) is 11.0. The molecule has 4 fully saturated rings. The van der Waals surface area contributed by atoms with Gasteiger partial charge in [0.2, 0.25) is 11.8 Å². The summed E-state index contributed by atoms with van der Waals surface area (Å²) in [6, 6.07) is 20.0. The highest BCUT2D eigenvalue weighted by molar-refractivity contribution is 5.99. The molecular weight excluding hydrogens is 835 g/mol. The van der Waals surface area contributed by atoms with E-state index >= 15 is 0 Å². The number of anilines is 1. The highest BCUT2D eigenvalue weighted by Crippen LogP contribution is 2.53. The molecule has 0 bridgehead atoms. The monoisotopic (exact) mass is 899 g/mol. The second-order valence-corrected chi connectivity index (χ2v) is 19.8. The quantitative estimate of drug-likeness (QED) is 0.0960. The Morgan fingerprint density at radius 2 is 1.45 bits per heavy atom. The zero-order valence-electron chi connectivity index (χ0n) is 39.2. The van der Waals surface area contributed by atoms with Crippen LogP contribution in [0.3, 0.4) is 0 Å². The van der Waals surface area contributed by atoms with Gasteiger partial charge >= 0.3 is 12.2 Å². The van der Waals surface area contributed by atoms with Crippen LogP contribution in [0.5, 0.6) is 0 Å². The third-order valence-corrected chi connectivity index (χ3v) is 15.0. The Balaban J connectivity index is 0.916. The van der Waals surface area contributed by atoms with Crippen molar-refractivity contribution < 1.29 is 33.4 Å². The van der Waals surface area contributed by atoms with E-state index in [1.807, 2.05) is 32.2 Å². The molecule has 4 heterocycles. The van der Waals surface area contributed by atoms with E-state index in [1.165, 1.54) is 67.7 Å². The van der Waals surface area contributed by atoms with Gasteiger partial charge in [0, 0.05) is 18.8 Å². The van der Waals surface area contributed by atoms with E-state index in [0.29, 0.717) is 25.1 Å². The van der Waals surface area contributed by atoms with Gasteiger partial charge in [-0.1, -0.05) is 89.1 Å². The number of likely N-dealkylation sites (tertiary alicyclic amines) is 2. The fraction of sp³-hybridized carbons (Fsp3) is 0.519. The van der Waals surface area contributed by atoms with Gasteiger partial charge in [0.25, 0.3) is 0 Å². The first kappa shape index (κ1) is 45.4. The number of H-pyrrole nitrogens is 1. The molecule has 1 aromatic heterocycles. The van der Waals surface area contributed by atoms with Crippen LogP contribution in [0.2, 0.25) is 0 Å². The summed E-state index contributed by atoms with van der Waals surface area (Å²) in [5.41, 5.74) is 10.5. The first-order valence-corrected chi connectivity index (χ1v) is 24.0. The molecule has 4 unspecified atom stereocenters. The standard InChI is InChI=1S/C52H65N7O7/c1-30(2)43(56-50(62)64-5)45-49(66-45)59-25-10-14-41(59)46-53-29-40(55-46)33-18-16-32(17-19-33)36-20-21-37(39-28-52(27-38(36)39)22-7-8-23-52)34-12-9-13-35(26-34)54-47(60)42-15-11-24-58(42)48(61)44(31(3)4)57-51(63)65-6/h9,12-13,16-21,26,29-31,41-45,49H,7-8,10-11,14-15,22-25,27-28H2,1-6H3,(H,53,55)(H,54,60)(H,56,62)(H,57,63)/t41?,42?,43?,44-,45-,49?/m0/s1. The van der Waals surface area contributed by atoms with Gasteiger partial charge in [0.15, 0.2) is 0 Å². The average molecular weight is 900 g/mol. The van der Waals surface area contributed by atoms with Crippen LogP contribution >= 0.6 is 0 Å². The first-order chi connectivity index (χ1) is 31.9. The summed E-state index contributed by atoms with van der Waals surface area (Å²) >= 11 is 0. The molecule has 3 saturated heterocycles. The maximum absolute atomic E-state index is 13.9. The van der Waals surface area contributed by atoms with Crippen molar-refractivity contribution in [1.29, 1.82) is 0 Å². The number of nitrogens with zero attached hydrogens (tertiary/aromatic N) is 3. The lowest BCUT2D eigenvalue weighted by Gasteiger charge is -2.30. The van der Waals surface area contributed by atoms with Crippen molar-refractivity contribution in [3.63, 3.8) is 0 Å². The van der Waals surface area contributed by atoms with Crippen LogP contribution in [0, 0.1) is 17.3 Å². The fourth-order valence-corrected chi connectivity index (χ4v) is 11.4. The summed E-state index contributed by atoms with van der Waals surface area (Å²) in [5, 5.41) is 8.78. The van der Waals surface area contributed by atoms with E-state index in [-0.39, 0.29) is 53.5 Å². The number of aromatic amines is 1. The van der Waals surface area contributed by atoms with Crippen LogP contribution in [-0.2, 0) is 36.6 Å². The van der Waals surface area contributed by atoms with Gasteiger partial charge in [-0.25, -0.2) is 14.6 Å². The van der Waals surface area contributed by atoms with Gasteiger partial charge in [0.05, 0.1) is 38.2 Å². The van der Waals surface area contributed by atoms with Crippen LogP contribution in [0.15, 0.2) is 66.9 Å². The van der Waals surface area contributed by atoms with E-state index in [1.54, 1.807) is 4.90 Å². The molecule has 4 aromatic rings. The third kappa shape index (κ3) is 9.06. The number of methoxy groups -OCH3 is 2. The maximum atomic E-state index is 13.9. The van der Waals surface area contributed by atoms with Gasteiger partial charge in [-0.2, -0.15) is 0 Å². The summed E-state index contributed by atoms with van der Waals surface area (Å²) in [6.45, 7) is 9.26. The Kier molecular flexibility index (Phi) is 13.0. The van der Waals surface area contributed by atoms with Crippen LogP contribution < -0.4 is 16.0 Å². The van der Waals surface area contributed by atoms with Crippen molar-refractivity contribution >= 4 is 29.7 Å². The Hall–Kier alpha value is -5.73. The van der Waals surface area contributed by atoms with E-state index in [2.05, 4.69) is 88.2 Å². The minimum atomic E-state index is -0.792. The van der Waals surface area contributed by atoms with Crippen LogP contribution in [-0.4, -0.2) is 102 Å². The molecule has 5 aliphatic rings. The van der Waals surface area contributed by atoms with Crippen molar-refractivity contribution in [2.24, 2.45) is 17.3 Å². The lowest BCUT2D eigenvalue weighted by Crippen LogP contribution is -2.54. The molecule has 3 aromatic carbocycles. The van der Waals surface area contributed by atoms with Crippen molar-refractivity contribution in [1.82, 2.24) is 30.4 Å². The molecule has 6 atom stereocenters.